The van der Waals surface area contributed by atoms with E-state index in [1.54, 1.807) is 0 Å². The van der Waals surface area contributed by atoms with Crippen molar-refractivity contribution in [3.63, 3.8) is 0 Å². The fraction of sp³-hybridized carbons (Fsp3) is 0. The van der Waals surface area contributed by atoms with Gasteiger partial charge in [-0.1, -0.05) is 146 Å². The molecule has 0 aliphatic carbocycles. The van der Waals surface area contributed by atoms with Gasteiger partial charge < -0.3 is 9.32 Å². The van der Waals surface area contributed by atoms with Gasteiger partial charge in [0, 0.05) is 33.4 Å². The largest absolute Gasteiger partial charge is 0.455 e. The van der Waals surface area contributed by atoms with Crippen molar-refractivity contribution in [3.05, 3.63) is 200 Å². The molecule has 0 amide bonds. The van der Waals surface area contributed by atoms with Crippen molar-refractivity contribution in [1.29, 1.82) is 0 Å². The van der Waals surface area contributed by atoms with E-state index < -0.39 is 0 Å². The van der Waals surface area contributed by atoms with E-state index in [0.29, 0.717) is 0 Å². The van der Waals surface area contributed by atoms with E-state index in [1.165, 1.54) is 33.4 Å². The fourth-order valence-corrected chi connectivity index (χ4v) is 6.94. The van der Waals surface area contributed by atoms with E-state index >= 15 is 0 Å². The molecule has 0 spiro atoms. The molecular formula is C48H33NO. The Kier molecular flexibility index (Phi) is 7.53. The molecule has 0 unspecified atom stereocenters. The molecule has 0 aliphatic rings. The Hall–Kier alpha value is -6.64. The molecule has 0 saturated carbocycles. The van der Waals surface area contributed by atoms with Gasteiger partial charge in [0.15, 0.2) is 0 Å². The van der Waals surface area contributed by atoms with Gasteiger partial charge in [0.1, 0.15) is 11.2 Å². The molecule has 0 saturated heterocycles. The van der Waals surface area contributed by atoms with Crippen LogP contribution >= 0.6 is 0 Å². The van der Waals surface area contributed by atoms with Crippen LogP contribution in [0.5, 0.6) is 0 Å². The van der Waals surface area contributed by atoms with E-state index in [4.69, 9.17) is 4.42 Å². The summed E-state index contributed by atoms with van der Waals surface area (Å²) in [5.74, 6) is 0. The highest BCUT2D eigenvalue weighted by atomic mass is 16.3. The Labute approximate surface area is 292 Å². The summed E-state index contributed by atoms with van der Waals surface area (Å²) >= 11 is 0. The van der Waals surface area contributed by atoms with Gasteiger partial charge in [0.2, 0.25) is 0 Å². The molecular weight excluding hydrogens is 607 g/mol. The monoisotopic (exact) mass is 639 g/mol. The normalized spacial score (nSPS) is 11.2. The van der Waals surface area contributed by atoms with E-state index in [1.807, 2.05) is 12.1 Å². The molecule has 2 nitrogen and oxygen atoms in total. The van der Waals surface area contributed by atoms with Crippen molar-refractivity contribution in [3.8, 4) is 44.5 Å². The van der Waals surface area contributed by atoms with Crippen LogP contribution in [0.25, 0.3) is 66.4 Å². The Bertz CT molecular complexity index is 2530. The topological polar surface area (TPSA) is 16.4 Å². The molecule has 0 aliphatic heterocycles. The lowest BCUT2D eigenvalue weighted by molar-refractivity contribution is 0.670. The zero-order valence-corrected chi connectivity index (χ0v) is 27.4. The van der Waals surface area contributed by atoms with Gasteiger partial charge in [-0.05, 0) is 93.5 Å². The number of hydrogen-bond acceptors (Lipinski definition) is 2. The number of rotatable bonds is 7. The zero-order valence-electron chi connectivity index (χ0n) is 27.4. The first-order valence-corrected chi connectivity index (χ1v) is 17.0. The van der Waals surface area contributed by atoms with Crippen LogP contribution in [0.3, 0.4) is 0 Å². The number of furan rings is 1. The summed E-state index contributed by atoms with van der Waals surface area (Å²) in [6.07, 6.45) is 0. The van der Waals surface area contributed by atoms with Crippen molar-refractivity contribution in [1.82, 2.24) is 0 Å². The fourth-order valence-electron chi connectivity index (χ4n) is 6.94. The van der Waals surface area contributed by atoms with Gasteiger partial charge in [-0.3, -0.25) is 0 Å². The molecule has 50 heavy (non-hydrogen) atoms. The van der Waals surface area contributed by atoms with Gasteiger partial charge in [-0.25, -0.2) is 0 Å². The summed E-state index contributed by atoms with van der Waals surface area (Å²) in [6, 6.07) is 71.0. The van der Waals surface area contributed by atoms with Crippen LogP contribution in [0.4, 0.5) is 17.1 Å². The highest BCUT2D eigenvalue weighted by Gasteiger charge is 2.16. The van der Waals surface area contributed by atoms with Crippen LogP contribution in [-0.4, -0.2) is 0 Å². The van der Waals surface area contributed by atoms with Gasteiger partial charge in [-0.2, -0.15) is 0 Å². The predicted molar refractivity (Wildman–Crippen MR) is 210 cm³/mol. The quantitative estimate of drug-likeness (QED) is 0.173. The molecule has 0 radical (unpaired) electrons. The summed E-state index contributed by atoms with van der Waals surface area (Å²) < 4.78 is 6.41. The minimum atomic E-state index is 0.908. The SMILES string of the molecule is c1ccc(-c2ccc(N(c3ccccc3)c3ccc(-c4ccc(-c5cc(-c6ccccc6)c6oc7ccccc7c6c5)cc4)cc3)cc2)cc1. The number of fused-ring (bicyclic) bond motifs is 3. The number of para-hydroxylation sites is 2. The summed E-state index contributed by atoms with van der Waals surface area (Å²) in [7, 11) is 0. The van der Waals surface area contributed by atoms with Crippen LogP contribution < -0.4 is 4.90 Å². The highest BCUT2D eigenvalue weighted by molar-refractivity contribution is 6.11. The first-order chi connectivity index (χ1) is 24.8. The lowest BCUT2D eigenvalue weighted by Gasteiger charge is -2.26. The molecule has 1 aromatic heterocycles. The summed E-state index contributed by atoms with van der Waals surface area (Å²) in [5, 5.41) is 2.27. The van der Waals surface area contributed by atoms with Gasteiger partial charge in [-0.15, -0.1) is 0 Å². The van der Waals surface area contributed by atoms with Gasteiger partial charge >= 0.3 is 0 Å². The minimum absolute atomic E-state index is 0.908. The molecule has 236 valence electrons. The third-order valence-electron chi connectivity index (χ3n) is 9.49. The van der Waals surface area contributed by atoms with Crippen molar-refractivity contribution in [2.45, 2.75) is 0 Å². The summed E-state index contributed by atoms with van der Waals surface area (Å²) in [5.41, 5.74) is 14.5. The Morgan fingerprint density at radius 2 is 0.720 bits per heavy atom. The lowest BCUT2D eigenvalue weighted by Crippen LogP contribution is -2.09. The van der Waals surface area contributed by atoms with Gasteiger partial charge in [0.05, 0.1) is 0 Å². The first-order valence-electron chi connectivity index (χ1n) is 17.0. The number of nitrogens with zero attached hydrogens (tertiary/aromatic N) is 1. The molecule has 9 aromatic rings. The standard InChI is InChI=1S/C48H33NO/c1-4-12-34(13-5-1)36-24-28-42(29-25-36)49(41-16-8-3-9-17-41)43-30-26-37(27-31-43)35-20-22-38(23-21-35)40-32-45(39-14-6-2-7-15-39)48-46(33-40)44-18-10-11-19-47(44)50-48/h1-33H. The zero-order chi connectivity index (χ0) is 33.3. The summed E-state index contributed by atoms with van der Waals surface area (Å²) in [6.45, 7) is 0. The minimum Gasteiger partial charge on any atom is -0.455 e. The second-order valence-electron chi connectivity index (χ2n) is 12.6. The Balaban J connectivity index is 1.04. The van der Waals surface area contributed by atoms with E-state index in [0.717, 1.165) is 50.1 Å². The molecule has 1 heterocycles. The molecule has 2 heteroatoms. The Morgan fingerprint density at radius 1 is 0.300 bits per heavy atom. The van der Waals surface area contributed by atoms with Crippen LogP contribution in [0.15, 0.2) is 205 Å². The summed E-state index contributed by atoms with van der Waals surface area (Å²) in [4.78, 5) is 2.31. The molecule has 0 atom stereocenters. The lowest BCUT2D eigenvalue weighted by atomic mass is 9.94. The van der Waals surface area contributed by atoms with E-state index in [9.17, 15) is 0 Å². The predicted octanol–water partition coefficient (Wildman–Crippen LogP) is 13.7. The van der Waals surface area contributed by atoms with Crippen molar-refractivity contribution < 1.29 is 4.42 Å². The number of anilines is 3. The molecule has 0 N–H and O–H groups in total. The maximum Gasteiger partial charge on any atom is 0.143 e. The van der Waals surface area contributed by atoms with Crippen LogP contribution in [0.2, 0.25) is 0 Å². The average Bonchev–Trinajstić information content (AvgIpc) is 3.58. The average molecular weight is 640 g/mol. The smallest absolute Gasteiger partial charge is 0.143 e. The third-order valence-corrected chi connectivity index (χ3v) is 9.49. The van der Waals surface area contributed by atoms with Crippen LogP contribution in [0.1, 0.15) is 0 Å². The molecule has 8 aromatic carbocycles. The number of benzene rings is 8. The third kappa shape index (κ3) is 5.53. The first kappa shape index (κ1) is 29.5. The second-order valence-corrected chi connectivity index (χ2v) is 12.6. The molecule has 0 bridgehead atoms. The van der Waals surface area contributed by atoms with Crippen molar-refractivity contribution >= 4 is 39.0 Å². The van der Waals surface area contributed by atoms with E-state index in [2.05, 4.69) is 193 Å². The van der Waals surface area contributed by atoms with Gasteiger partial charge in [0.25, 0.3) is 0 Å². The van der Waals surface area contributed by atoms with Crippen molar-refractivity contribution in [2.75, 3.05) is 4.90 Å². The maximum absolute atomic E-state index is 6.41. The second kappa shape index (κ2) is 12.8. The van der Waals surface area contributed by atoms with Crippen molar-refractivity contribution in [2.24, 2.45) is 0 Å². The maximum atomic E-state index is 6.41. The van der Waals surface area contributed by atoms with E-state index in [-0.39, 0.29) is 0 Å². The molecule has 9 rings (SSSR count). The van der Waals surface area contributed by atoms with Crippen LogP contribution in [0, 0.1) is 0 Å². The number of hydrogen-bond donors (Lipinski definition) is 0. The van der Waals surface area contributed by atoms with Crippen LogP contribution in [-0.2, 0) is 0 Å². The Morgan fingerprint density at radius 3 is 1.30 bits per heavy atom. The highest BCUT2D eigenvalue weighted by Crippen LogP contribution is 2.40. The molecule has 0 fully saturated rings.